The fourth-order valence-corrected chi connectivity index (χ4v) is 3.85. The molecule has 1 heterocycles. The van der Waals surface area contributed by atoms with E-state index in [0.717, 1.165) is 22.0 Å². The van der Waals surface area contributed by atoms with Crippen molar-refractivity contribution in [3.05, 3.63) is 23.8 Å². The summed E-state index contributed by atoms with van der Waals surface area (Å²) in [4.78, 5) is 33.4. The molecule has 0 saturated carbocycles. The molecule has 0 fully saturated rings. The second-order valence-corrected chi connectivity index (χ2v) is 8.58. The van der Waals surface area contributed by atoms with Crippen LogP contribution in [0, 0.1) is 0 Å². The molecule has 0 saturated heterocycles. The predicted octanol–water partition coefficient (Wildman–Crippen LogP) is -3.59. The first-order valence-electron chi connectivity index (χ1n) is 7.13. The van der Waals surface area contributed by atoms with Gasteiger partial charge >= 0.3 is 75.0 Å². The monoisotopic (exact) mass is 447 g/mol. The van der Waals surface area contributed by atoms with Crippen LogP contribution in [0.4, 0.5) is 0 Å². The molecule has 5 N–H and O–H groups in total. The van der Waals surface area contributed by atoms with Gasteiger partial charge in [0.1, 0.15) is 5.75 Å². The van der Waals surface area contributed by atoms with Gasteiger partial charge in [0.05, 0.1) is 6.61 Å². The van der Waals surface area contributed by atoms with Gasteiger partial charge in [-0.05, 0) is 36.6 Å². The fraction of sp³-hybridized carbons (Fsp3) is 0.538. The summed E-state index contributed by atoms with van der Waals surface area (Å²) in [6, 6.07) is 5.77. The minimum absolute atomic E-state index is 0. The molecule has 2 unspecified atom stereocenters. The van der Waals surface area contributed by atoms with E-state index in [-0.39, 0.29) is 74.3 Å². The van der Waals surface area contributed by atoms with E-state index < -0.39 is 21.7 Å². The molecular formula is C13H23Na2O8P2S+. The quantitative estimate of drug-likeness (QED) is 0.176. The van der Waals surface area contributed by atoms with E-state index in [0.29, 0.717) is 13.0 Å². The number of benzene rings is 1. The van der Waals surface area contributed by atoms with Gasteiger partial charge in [-0.1, -0.05) is 13.0 Å². The number of ether oxygens (including phenoxy) is 1. The van der Waals surface area contributed by atoms with Gasteiger partial charge in [-0.25, -0.2) is 0 Å². The zero-order valence-electron chi connectivity index (χ0n) is 17.0. The van der Waals surface area contributed by atoms with Crippen LogP contribution in [0.15, 0.2) is 23.1 Å². The van der Waals surface area contributed by atoms with Crippen LogP contribution in [0.3, 0.4) is 0 Å². The average Bonchev–Trinajstić information content (AvgIpc) is 2.46. The van der Waals surface area contributed by atoms with Gasteiger partial charge in [0, 0.05) is 15.0 Å². The summed E-state index contributed by atoms with van der Waals surface area (Å²) < 4.78 is 25.5. The van der Waals surface area contributed by atoms with Crippen molar-refractivity contribution in [1.82, 2.24) is 0 Å². The molecule has 0 amide bonds. The maximum atomic E-state index is 11.1. The second kappa shape index (κ2) is 14.5. The molecule has 0 aromatic heterocycles. The van der Waals surface area contributed by atoms with E-state index in [1.807, 2.05) is 25.1 Å². The maximum absolute atomic E-state index is 11.1. The molecule has 1 aromatic rings. The van der Waals surface area contributed by atoms with Crippen molar-refractivity contribution in [2.45, 2.75) is 36.4 Å². The van der Waals surface area contributed by atoms with Gasteiger partial charge in [0.15, 0.2) is 5.85 Å². The number of fused-ring (bicyclic) bond motifs is 1. The normalized spacial score (nSPS) is 16.5. The van der Waals surface area contributed by atoms with Crippen LogP contribution in [0.1, 0.15) is 34.1 Å². The first kappa shape index (κ1) is 29.7. The molecule has 2 rings (SSSR count). The Bertz CT molecular complexity index is 622. The SMILES string of the molecule is CCSc1cccc2c1C(CC(O)P(=O)(O)O)CCO2.O=[P+](O)O.[H-].[H-].[Na+].[Na+]. The van der Waals surface area contributed by atoms with Gasteiger partial charge in [-0.15, -0.1) is 21.5 Å². The first-order valence-corrected chi connectivity index (χ1v) is 11.0. The Hall–Kier alpha value is 1.50. The van der Waals surface area contributed by atoms with Gasteiger partial charge in [0.2, 0.25) is 0 Å². The van der Waals surface area contributed by atoms with Crippen molar-refractivity contribution < 1.29 is 101 Å². The van der Waals surface area contributed by atoms with Crippen LogP contribution in [-0.2, 0) is 9.13 Å². The Morgan fingerprint density at radius 3 is 2.46 bits per heavy atom. The van der Waals surface area contributed by atoms with E-state index >= 15 is 0 Å². The smallest absolute Gasteiger partial charge is 1.00 e. The molecule has 0 aliphatic carbocycles. The topological polar surface area (TPSA) is 145 Å². The molecule has 2 atom stereocenters. The van der Waals surface area contributed by atoms with Crippen LogP contribution >= 0.6 is 27.6 Å². The Balaban J connectivity index is -0.000000330. The fourth-order valence-electron chi connectivity index (χ4n) is 2.42. The van der Waals surface area contributed by atoms with Crippen LogP contribution in [0.25, 0.3) is 0 Å². The summed E-state index contributed by atoms with van der Waals surface area (Å²) >= 11 is 1.67. The van der Waals surface area contributed by atoms with Crippen LogP contribution < -0.4 is 63.9 Å². The minimum Gasteiger partial charge on any atom is -1.00 e. The van der Waals surface area contributed by atoms with Gasteiger partial charge in [-0.2, -0.15) is 0 Å². The van der Waals surface area contributed by atoms with Crippen molar-refractivity contribution in [2.24, 2.45) is 0 Å². The van der Waals surface area contributed by atoms with Crippen LogP contribution in [0.2, 0.25) is 0 Å². The third-order valence-electron chi connectivity index (χ3n) is 3.34. The van der Waals surface area contributed by atoms with Crippen molar-refractivity contribution in [1.29, 1.82) is 0 Å². The molecule has 1 aromatic carbocycles. The molecule has 1 aliphatic rings. The number of hydrogen-bond donors (Lipinski definition) is 5. The summed E-state index contributed by atoms with van der Waals surface area (Å²) in [6.07, 6.45) is 0.716. The third-order valence-corrected chi connectivity index (χ3v) is 5.28. The molecule has 26 heavy (non-hydrogen) atoms. The largest absolute Gasteiger partial charge is 1.00 e. The molecule has 0 spiro atoms. The molecule has 1 aliphatic heterocycles. The summed E-state index contributed by atoms with van der Waals surface area (Å²) in [5, 5.41) is 9.67. The number of aliphatic hydroxyl groups is 1. The molecule has 8 nitrogen and oxygen atoms in total. The summed E-state index contributed by atoms with van der Waals surface area (Å²) in [7, 11) is -7.33. The second-order valence-electron chi connectivity index (χ2n) is 4.99. The number of rotatable bonds is 5. The number of thioether (sulfide) groups is 1. The maximum Gasteiger partial charge on any atom is 1.00 e. The van der Waals surface area contributed by atoms with Crippen LogP contribution in [0.5, 0.6) is 5.75 Å². The molecule has 13 heteroatoms. The summed E-state index contributed by atoms with van der Waals surface area (Å²) in [5.74, 6) is -0.0307. The van der Waals surface area contributed by atoms with Gasteiger partial charge in [0.25, 0.3) is 0 Å². The Morgan fingerprint density at radius 1 is 1.38 bits per heavy atom. The zero-order valence-corrected chi connectivity index (χ0v) is 21.6. The van der Waals surface area contributed by atoms with E-state index in [2.05, 4.69) is 0 Å². The van der Waals surface area contributed by atoms with Crippen molar-refractivity contribution in [3.8, 4) is 5.75 Å². The molecule has 0 bridgehead atoms. The van der Waals surface area contributed by atoms with E-state index in [4.69, 9.17) is 28.9 Å². The molecule has 140 valence electrons. The van der Waals surface area contributed by atoms with Gasteiger partial charge in [-0.3, -0.25) is 4.57 Å². The molecular weight excluding hydrogens is 424 g/mol. The van der Waals surface area contributed by atoms with Crippen molar-refractivity contribution >= 4 is 27.6 Å². The minimum atomic E-state index is -4.46. The number of hydrogen-bond acceptors (Lipinski definition) is 5. The number of aliphatic hydroxyl groups excluding tert-OH is 1. The van der Waals surface area contributed by atoms with E-state index in [1.54, 1.807) is 11.8 Å². The predicted molar refractivity (Wildman–Crippen MR) is 92.6 cm³/mol. The molecule has 0 radical (unpaired) electrons. The van der Waals surface area contributed by atoms with Crippen LogP contribution in [-0.4, -0.2) is 42.9 Å². The van der Waals surface area contributed by atoms with Gasteiger partial charge < -0.3 is 22.5 Å². The summed E-state index contributed by atoms with van der Waals surface area (Å²) in [5.41, 5.74) is 0.970. The van der Waals surface area contributed by atoms with Crippen molar-refractivity contribution in [2.75, 3.05) is 12.4 Å². The van der Waals surface area contributed by atoms with E-state index in [9.17, 15) is 9.67 Å². The first-order chi connectivity index (χ1) is 11.2. The summed E-state index contributed by atoms with van der Waals surface area (Å²) in [6.45, 7) is 2.55. The average molecular weight is 447 g/mol. The Morgan fingerprint density at radius 2 is 1.96 bits per heavy atom. The zero-order chi connectivity index (χ0) is 18.3. The van der Waals surface area contributed by atoms with E-state index in [1.165, 1.54) is 0 Å². The third kappa shape index (κ3) is 10.3. The standard InChI is InChI=1S/C13H19O5PS.2Na.HO3P.2H/c1-2-20-11-5-3-4-10-13(11)9(6-7-18-10)8-12(14)19(15,16)17;;;1-4(2)3;;/h3-5,9,12,14H,2,6-8H2,1H3,(H2,15,16,17);;;(H-,1,2,3);;/q;2*+1;;2*-1/p+1. The Kier molecular flexibility index (Phi) is 16.5. The Labute approximate surface area is 204 Å². The van der Waals surface area contributed by atoms with Crippen molar-refractivity contribution in [3.63, 3.8) is 0 Å².